The number of rotatable bonds is 5. The van der Waals surface area contributed by atoms with E-state index in [0.29, 0.717) is 19.3 Å². The van der Waals surface area contributed by atoms with Crippen LogP contribution in [0, 0.1) is 5.82 Å². The van der Waals surface area contributed by atoms with Gasteiger partial charge in [-0.15, -0.1) is 0 Å². The minimum atomic E-state index is -4.61. The lowest BCUT2D eigenvalue weighted by Gasteiger charge is -2.25. The molecule has 1 saturated heterocycles. The monoisotopic (exact) mass is 363 g/mol. The Kier molecular flexibility index (Phi) is 8.52. The Morgan fingerprint density at radius 3 is 2.36 bits per heavy atom. The van der Waals surface area contributed by atoms with E-state index < -0.39 is 23.5 Å². The second kappa shape index (κ2) is 9.87. The van der Waals surface area contributed by atoms with Gasteiger partial charge in [-0.25, -0.2) is 4.39 Å². The Labute approximate surface area is 145 Å². The average molecular weight is 363 g/mol. The van der Waals surface area contributed by atoms with Crippen molar-refractivity contribution in [3.8, 4) is 0 Å². The predicted octanol–water partition coefficient (Wildman–Crippen LogP) is 4.31. The summed E-state index contributed by atoms with van der Waals surface area (Å²) >= 11 is 0. The van der Waals surface area contributed by atoms with Crippen LogP contribution in [0.1, 0.15) is 50.7 Å². The highest BCUT2D eigenvalue weighted by atomic mass is 19.4. The lowest BCUT2D eigenvalue weighted by molar-refractivity contribution is -0.137. The van der Waals surface area contributed by atoms with Gasteiger partial charge in [0, 0.05) is 25.8 Å². The molecule has 7 heteroatoms. The van der Waals surface area contributed by atoms with Crippen LogP contribution in [0.5, 0.6) is 0 Å². The van der Waals surface area contributed by atoms with E-state index in [1.807, 2.05) is 13.8 Å². The Bertz CT molecular complexity index is 554. The van der Waals surface area contributed by atoms with Crippen LogP contribution in [0.3, 0.4) is 0 Å². The van der Waals surface area contributed by atoms with Crippen molar-refractivity contribution in [3.63, 3.8) is 0 Å². The standard InChI is InChI=1S/C16H19F4NO2.C2H6/c1-10(22)14(9-21-12-4-6-23-7-5-12)13-3-2-11(8-15(13)17)16(18,19)20;1-2/h2-3,8,12,14,21H,4-7,9H2,1H3;1-2H3. The molecular weight excluding hydrogens is 338 g/mol. The van der Waals surface area contributed by atoms with E-state index in [0.717, 1.165) is 25.0 Å². The maximum atomic E-state index is 14.1. The highest BCUT2D eigenvalue weighted by Gasteiger charge is 2.32. The summed E-state index contributed by atoms with van der Waals surface area (Å²) in [5.74, 6) is -2.10. The van der Waals surface area contributed by atoms with Crippen molar-refractivity contribution < 1.29 is 27.1 Å². The summed E-state index contributed by atoms with van der Waals surface area (Å²) in [4.78, 5) is 11.8. The predicted molar refractivity (Wildman–Crippen MR) is 88.0 cm³/mol. The van der Waals surface area contributed by atoms with E-state index in [1.165, 1.54) is 6.92 Å². The van der Waals surface area contributed by atoms with Crippen LogP contribution in [-0.4, -0.2) is 31.6 Å². The minimum absolute atomic E-state index is 0.00920. The summed E-state index contributed by atoms with van der Waals surface area (Å²) in [7, 11) is 0. The summed E-state index contributed by atoms with van der Waals surface area (Å²) in [5, 5.41) is 3.18. The molecule has 0 amide bonds. The zero-order valence-corrected chi connectivity index (χ0v) is 14.8. The van der Waals surface area contributed by atoms with E-state index in [1.54, 1.807) is 0 Å². The summed E-state index contributed by atoms with van der Waals surface area (Å²) in [6.07, 6.45) is -3.02. The number of carbonyl (C=O) groups is 1. The average Bonchev–Trinajstić information content (AvgIpc) is 2.58. The Morgan fingerprint density at radius 2 is 1.88 bits per heavy atom. The quantitative estimate of drug-likeness (QED) is 0.792. The summed E-state index contributed by atoms with van der Waals surface area (Å²) in [6.45, 7) is 6.75. The molecule has 1 heterocycles. The third-order valence-corrected chi connectivity index (χ3v) is 4.03. The van der Waals surface area contributed by atoms with Crippen molar-refractivity contribution in [2.24, 2.45) is 0 Å². The second-order valence-corrected chi connectivity index (χ2v) is 5.69. The first-order valence-electron chi connectivity index (χ1n) is 8.47. The Balaban J connectivity index is 0.00000151. The van der Waals surface area contributed by atoms with Gasteiger partial charge in [-0.3, -0.25) is 4.79 Å². The summed E-state index contributed by atoms with van der Waals surface area (Å²) < 4.78 is 57.1. The number of Topliss-reactive ketones (excluding diaryl/α,β-unsaturated/α-hetero) is 1. The highest BCUT2D eigenvalue weighted by molar-refractivity contribution is 5.83. The highest BCUT2D eigenvalue weighted by Crippen LogP contribution is 2.32. The fraction of sp³-hybridized carbons (Fsp3) is 0.611. The molecule has 3 nitrogen and oxygen atoms in total. The van der Waals surface area contributed by atoms with Crippen LogP contribution in [0.4, 0.5) is 17.6 Å². The summed E-state index contributed by atoms with van der Waals surface area (Å²) in [5.41, 5.74) is -1.07. The third kappa shape index (κ3) is 6.40. The number of hydrogen-bond acceptors (Lipinski definition) is 3. The van der Waals surface area contributed by atoms with E-state index in [2.05, 4.69) is 5.32 Å². The number of ether oxygens (including phenoxy) is 1. The van der Waals surface area contributed by atoms with Gasteiger partial charge in [0.2, 0.25) is 0 Å². The molecule has 1 aliphatic heterocycles. The zero-order chi connectivity index (χ0) is 19.0. The fourth-order valence-electron chi connectivity index (χ4n) is 2.64. The van der Waals surface area contributed by atoms with Crippen LogP contribution in [0.15, 0.2) is 18.2 Å². The first-order valence-corrected chi connectivity index (χ1v) is 8.47. The molecule has 1 aromatic rings. The SMILES string of the molecule is CC.CC(=O)C(CNC1CCOCC1)c1ccc(C(F)(F)F)cc1F. The number of hydrogen-bond donors (Lipinski definition) is 1. The van der Waals surface area contributed by atoms with E-state index in [-0.39, 0.29) is 23.9 Å². The van der Waals surface area contributed by atoms with Gasteiger partial charge in [0.1, 0.15) is 11.6 Å². The third-order valence-electron chi connectivity index (χ3n) is 4.03. The van der Waals surface area contributed by atoms with Crippen molar-refractivity contribution in [2.45, 2.75) is 51.7 Å². The van der Waals surface area contributed by atoms with Crippen LogP contribution < -0.4 is 5.32 Å². The molecule has 0 aromatic heterocycles. The van der Waals surface area contributed by atoms with Crippen LogP contribution in [0.25, 0.3) is 0 Å². The van der Waals surface area contributed by atoms with Gasteiger partial charge in [0.25, 0.3) is 0 Å². The number of benzene rings is 1. The normalized spacial score (nSPS) is 16.8. The zero-order valence-electron chi connectivity index (χ0n) is 14.8. The molecule has 0 aliphatic carbocycles. The molecule has 1 fully saturated rings. The Hall–Kier alpha value is -1.47. The van der Waals surface area contributed by atoms with Crippen molar-refractivity contribution in [1.29, 1.82) is 0 Å². The first kappa shape index (κ1) is 21.6. The van der Waals surface area contributed by atoms with E-state index in [9.17, 15) is 22.4 Å². The van der Waals surface area contributed by atoms with Gasteiger partial charge < -0.3 is 10.1 Å². The lowest BCUT2D eigenvalue weighted by Crippen LogP contribution is -2.38. The van der Waals surface area contributed by atoms with Crippen molar-refractivity contribution in [1.82, 2.24) is 5.32 Å². The van der Waals surface area contributed by atoms with Gasteiger partial charge in [0.05, 0.1) is 11.5 Å². The van der Waals surface area contributed by atoms with Gasteiger partial charge in [0.15, 0.2) is 0 Å². The molecule has 142 valence electrons. The Morgan fingerprint density at radius 1 is 1.28 bits per heavy atom. The first-order chi connectivity index (χ1) is 11.8. The smallest absolute Gasteiger partial charge is 0.381 e. The van der Waals surface area contributed by atoms with Gasteiger partial charge in [-0.05, 0) is 37.5 Å². The van der Waals surface area contributed by atoms with Crippen LogP contribution in [0.2, 0.25) is 0 Å². The minimum Gasteiger partial charge on any atom is -0.381 e. The molecule has 0 radical (unpaired) electrons. The second-order valence-electron chi connectivity index (χ2n) is 5.69. The van der Waals surface area contributed by atoms with Crippen LogP contribution in [-0.2, 0) is 15.7 Å². The molecular formula is C18H25F4NO2. The van der Waals surface area contributed by atoms with Gasteiger partial charge >= 0.3 is 6.18 Å². The summed E-state index contributed by atoms with van der Waals surface area (Å²) in [6, 6.07) is 2.47. The molecule has 0 saturated carbocycles. The molecule has 0 spiro atoms. The van der Waals surface area contributed by atoms with Crippen molar-refractivity contribution in [3.05, 3.63) is 35.1 Å². The number of alkyl halides is 3. The molecule has 2 rings (SSSR count). The largest absolute Gasteiger partial charge is 0.416 e. The maximum Gasteiger partial charge on any atom is 0.416 e. The van der Waals surface area contributed by atoms with Gasteiger partial charge in [-0.1, -0.05) is 19.9 Å². The van der Waals surface area contributed by atoms with Crippen molar-refractivity contribution in [2.75, 3.05) is 19.8 Å². The number of ketones is 1. The fourth-order valence-corrected chi connectivity index (χ4v) is 2.64. The number of carbonyl (C=O) groups excluding carboxylic acids is 1. The molecule has 25 heavy (non-hydrogen) atoms. The van der Waals surface area contributed by atoms with E-state index in [4.69, 9.17) is 4.74 Å². The molecule has 1 unspecified atom stereocenters. The molecule has 1 atom stereocenters. The number of halogens is 4. The van der Waals surface area contributed by atoms with Crippen molar-refractivity contribution >= 4 is 5.78 Å². The van der Waals surface area contributed by atoms with Gasteiger partial charge in [-0.2, -0.15) is 13.2 Å². The number of nitrogens with one attached hydrogen (secondary N) is 1. The lowest BCUT2D eigenvalue weighted by atomic mass is 9.93. The van der Waals surface area contributed by atoms with Crippen LogP contribution >= 0.6 is 0 Å². The topological polar surface area (TPSA) is 38.3 Å². The molecule has 1 aromatic carbocycles. The molecule has 0 bridgehead atoms. The molecule has 1 N–H and O–H groups in total. The van der Waals surface area contributed by atoms with E-state index >= 15 is 0 Å². The molecule has 1 aliphatic rings. The maximum absolute atomic E-state index is 14.1.